The number of carbonyl (C=O) groups excluding carboxylic acids is 2. The SMILES string of the molecule is O=C1[C@@H]2[C@@H]3C=C[C@H]([C@H]4C[C@H]34)[C@@H]2C(=O)N1/N=C/c1cccc2ccccc12. The van der Waals surface area contributed by atoms with Gasteiger partial charge in [0.2, 0.25) is 0 Å². The van der Waals surface area contributed by atoms with Crippen molar-refractivity contribution < 1.29 is 9.59 Å². The Morgan fingerprint density at radius 1 is 0.885 bits per heavy atom. The Balaban J connectivity index is 1.36. The number of carbonyl (C=O) groups is 2. The van der Waals surface area contributed by atoms with Crippen LogP contribution in [0.1, 0.15) is 12.0 Å². The predicted octanol–water partition coefficient (Wildman–Crippen LogP) is 3.23. The van der Waals surface area contributed by atoms with Gasteiger partial charge in [0.25, 0.3) is 11.8 Å². The van der Waals surface area contributed by atoms with Crippen molar-refractivity contribution in [2.75, 3.05) is 0 Å². The Labute approximate surface area is 151 Å². The Hall–Kier alpha value is -2.75. The van der Waals surface area contributed by atoms with Gasteiger partial charge in [0, 0.05) is 5.56 Å². The van der Waals surface area contributed by atoms with Crippen LogP contribution in [-0.2, 0) is 9.59 Å². The van der Waals surface area contributed by atoms with Crippen LogP contribution in [0, 0.1) is 35.5 Å². The Morgan fingerprint density at radius 3 is 2.27 bits per heavy atom. The average molecular weight is 342 g/mol. The molecule has 0 N–H and O–H groups in total. The molecule has 2 saturated carbocycles. The molecule has 1 heterocycles. The minimum Gasteiger partial charge on any atom is -0.272 e. The molecule has 0 unspecified atom stereocenters. The van der Waals surface area contributed by atoms with Crippen molar-refractivity contribution in [3.05, 3.63) is 60.2 Å². The van der Waals surface area contributed by atoms with Crippen LogP contribution in [0.15, 0.2) is 59.7 Å². The fourth-order valence-corrected chi connectivity index (χ4v) is 5.54. The highest BCUT2D eigenvalue weighted by molar-refractivity contribution is 6.07. The van der Waals surface area contributed by atoms with Crippen LogP contribution in [-0.4, -0.2) is 23.0 Å². The summed E-state index contributed by atoms with van der Waals surface area (Å²) in [5, 5.41) is 7.68. The molecule has 5 aliphatic rings. The van der Waals surface area contributed by atoms with E-state index in [1.54, 1.807) is 6.21 Å². The average Bonchev–Trinajstić information content (AvgIpc) is 3.45. The fraction of sp³-hybridized carbons (Fsp3) is 0.318. The number of hydrogen-bond acceptors (Lipinski definition) is 3. The number of hydrogen-bond donors (Lipinski definition) is 0. The molecular weight excluding hydrogens is 324 g/mol. The number of fused-ring (bicyclic) bond motifs is 1. The van der Waals surface area contributed by atoms with Gasteiger partial charge in [0.05, 0.1) is 18.1 Å². The van der Waals surface area contributed by atoms with Gasteiger partial charge in [-0.3, -0.25) is 9.59 Å². The summed E-state index contributed by atoms with van der Waals surface area (Å²) in [6.45, 7) is 0. The molecule has 2 amide bonds. The van der Waals surface area contributed by atoms with Crippen molar-refractivity contribution in [1.82, 2.24) is 5.01 Å². The van der Waals surface area contributed by atoms with Gasteiger partial charge in [-0.05, 0) is 40.9 Å². The second-order valence-electron chi connectivity index (χ2n) is 7.96. The van der Waals surface area contributed by atoms with E-state index in [-0.39, 0.29) is 35.5 Å². The Morgan fingerprint density at radius 2 is 1.54 bits per heavy atom. The number of allylic oxidation sites excluding steroid dienone is 2. The molecule has 0 radical (unpaired) electrons. The van der Waals surface area contributed by atoms with Crippen molar-refractivity contribution in [3.63, 3.8) is 0 Å². The number of nitrogens with zero attached hydrogens (tertiary/aromatic N) is 2. The first-order valence-corrected chi connectivity index (χ1v) is 9.32. The third-order valence-corrected chi connectivity index (χ3v) is 6.78. The lowest BCUT2D eigenvalue weighted by Gasteiger charge is -2.37. The predicted molar refractivity (Wildman–Crippen MR) is 98.1 cm³/mol. The van der Waals surface area contributed by atoms with E-state index in [2.05, 4.69) is 17.3 Å². The van der Waals surface area contributed by atoms with E-state index in [4.69, 9.17) is 0 Å². The topological polar surface area (TPSA) is 49.7 Å². The van der Waals surface area contributed by atoms with Gasteiger partial charge >= 0.3 is 0 Å². The van der Waals surface area contributed by atoms with E-state index in [0.29, 0.717) is 11.8 Å². The summed E-state index contributed by atoms with van der Waals surface area (Å²) in [4.78, 5) is 25.9. The van der Waals surface area contributed by atoms with E-state index in [1.807, 2.05) is 42.5 Å². The fourth-order valence-electron chi connectivity index (χ4n) is 5.54. The second kappa shape index (κ2) is 4.91. The van der Waals surface area contributed by atoms with Crippen LogP contribution in [0.2, 0.25) is 0 Å². The lowest BCUT2D eigenvalue weighted by atomic mass is 9.63. The highest BCUT2D eigenvalue weighted by atomic mass is 16.2. The number of rotatable bonds is 2. The first kappa shape index (κ1) is 14.4. The van der Waals surface area contributed by atoms with Crippen molar-refractivity contribution >= 4 is 28.8 Å². The molecule has 1 saturated heterocycles. The molecule has 6 atom stereocenters. The normalized spacial score (nSPS) is 36.8. The van der Waals surface area contributed by atoms with E-state index in [0.717, 1.165) is 21.3 Å². The largest absolute Gasteiger partial charge is 0.272 e. The lowest BCUT2D eigenvalue weighted by Crippen LogP contribution is -2.40. The summed E-state index contributed by atoms with van der Waals surface area (Å²) in [6, 6.07) is 14.0. The van der Waals surface area contributed by atoms with Crippen molar-refractivity contribution in [3.8, 4) is 0 Å². The number of hydrazone groups is 1. The van der Waals surface area contributed by atoms with E-state index in [9.17, 15) is 9.59 Å². The minimum atomic E-state index is -0.189. The molecule has 7 rings (SSSR count). The molecule has 3 fully saturated rings. The van der Waals surface area contributed by atoms with Gasteiger partial charge in [-0.1, -0.05) is 54.6 Å². The summed E-state index contributed by atoms with van der Waals surface area (Å²) in [6.07, 6.45) is 7.20. The first-order valence-electron chi connectivity index (χ1n) is 9.32. The molecular formula is C22H18N2O2. The summed E-state index contributed by atoms with van der Waals surface area (Å²) in [7, 11) is 0. The first-order chi connectivity index (χ1) is 12.7. The van der Waals surface area contributed by atoms with Gasteiger partial charge in [-0.15, -0.1) is 0 Å². The Bertz CT molecular complexity index is 982. The van der Waals surface area contributed by atoms with Crippen LogP contribution in [0.4, 0.5) is 0 Å². The van der Waals surface area contributed by atoms with Crippen LogP contribution in [0.25, 0.3) is 10.8 Å². The zero-order valence-electron chi connectivity index (χ0n) is 14.2. The van der Waals surface area contributed by atoms with Crippen LogP contribution < -0.4 is 0 Å². The highest BCUT2D eigenvalue weighted by Gasteiger charge is 2.67. The number of benzene rings is 2. The van der Waals surface area contributed by atoms with E-state index >= 15 is 0 Å². The maximum atomic E-state index is 12.9. The minimum absolute atomic E-state index is 0.110. The molecule has 2 aromatic carbocycles. The molecule has 4 aliphatic carbocycles. The molecule has 0 aromatic heterocycles. The summed E-state index contributed by atoms with van der Waals surface area (Å²) >= 11 is 0. The van der Waals surface area contributed by atoms with E-state index < -0.39 is 0 Å². The van der Waals surface area contributed by atoms with E-state index in [1.165, 1.54) is 6.42 Å². The van der Waals surface area contributed by atoms with Gasteiger partial charge in [-0.2, -0.15) is 10.1 Å². The summed E-state index contributed by atoms with van der Waals surface area (Å²) in [5.41, 5.74) is 0.919. The van der Waals surface area contributed by atoms with Crippen LogP contribution >= 0.6 is 0 Å². The van der Waals surface area contributed by atoms with Crippen molar-refractivity contribution in [2.45, 2.75) is 6.42 Å². The van der Waals surface area contributed by atoms with Crippen molar-refractivity contribution in [2.24, 2.45) is 40.6 Å². The molecule has 26 heavy (non-hydrogen) atoms. The number of imide groups is 1. The smallest absolute Gasteiger partial charge is 0.254 e. The molecule has 2 aromatic rings. The maximum absolute atomic E-state index is 12.9. The molecule has 4 nitrogen and oxygen atoms in total. The van der Waals surface area contributed by atoms with Crippen LogP contribution in [0.5, 0.6) is 0 Å². The lowest BCUT2D eigenvalue weighted by molar-refractivity contribution is -0.140. The molecule has 1 aliphatic heterocycles. The quantitative estimate of drug-likeness (QED) is 0.478. The number of amides is 2. The van der Waals surface area contributed by atoms with Crippen LogP contribution in [0.3, 0.4) is 0 Å². The third-order valence-electron chi connectivity index (χ3n) is 6.78. The summed E-state index contributed by atoms with van der Waals surface area (Å²) < 4.78 is 0. The Kier molecular flexibility index (Phi) is 2.72. The van der Waals surface area contributed by atoms with Gasteiger partial charge in [0.15, 0.2) is 0 Å². The molecule has 2 bridgehead atoms. The van der Waals surface area contributed by atoms with Gasteiger partial charge < -0.3 is 0 Å². The monoisotopic (exact) mass is 342 g/mol. The zero-order valence-corrected chi connectivity index (χ0v) is 14.2. The van der Waals surface area contributed by atoms with Crippen molar-refractivity contribution in [1.29, 1.82) is 0 Å². The second-order valence-corrected chi connectivity index (χ2v) is 7.96. The highest BCUT2D eigenvalue weighted by Crippen LogP contribution is 2.65. The molecule has 4 heteroatoms. The standard InChI is InChI=1S/C22H18N2O2/c25-21-19-15-8-9-16(18-10-17(15)18)20(19)22(26)24(21)23-11-13-6-3-5-12-4-1-2-7-14(12)13/h1-9,11,15-20H,10H2/b23-11+/t15-,16-,17-,18-,19-,20+/m1/s1. The molecule has 128 valence electrons. The molecule has 0 spiro atoms. The summed E-state index contributed by atoms with van der Waals surface area (Å²) in [5.74, 6) is 1.11. The van der Waals surface area contributed by atoms with Gasteiger partial charge in [-0.25, -0.2) is 0 Å². The maximum Gasteiger partial charge on any atom is 0.254 e. The zero-order chi connectivity index (χ0) is 17.4. The van der Waals surface area contributed by atoms with Gasteiger partial charge in [0.1, 0.15) is 0 Å². The third kappa shape index (κ3) is 1.77.